The average molecular weight is 463 g/mol. The summed E-state index contributed by atoms with van der Waals surface area (Å²) in [5.74, 6) is 0.568. The minimum atomic E-state index is -4.40. The van der Waals surface area contributed by atoms with Gasteiger partial charge in [0.05, 0.1) is 0 Å². The molecule has 0 amide bonds. The molecule has 0 atom stereocenters. The second-order valence-electron chi connectivity index (χ2n) is 8.49. The van der Waals surface area contributed by atoms with Crippen LogP contribution in [0, 0.1) is 0 Å². The Morgan fingerprint density at radius 3 is 1.81 bits per heavy atom. The summed E-state index contributed by atoms with van der Waals surface area (Å²) >= 11 is 0. The van der Waals surface area contributed by atoms with E-state index in [1.54, 1.807) is 24.3 Å². The van der Waals surface area contributed by atoms with Crippen molar-refractivity contribution < 1.29 is 22.8 Å². The first-order chi connectivity index (χ1) is 15.4. The predicted molar refractivity (Wildman–Crippen MR) is 129 cm³/mol. The Kier molecular flexibility index (Phi) is 11.6. The van der Waals surface area contributed by atoms with E-state index in [-0.39, 0.29) is 16.4 Å². The van der Waals surface area contributed by atoms with Crippen LogP contribution in [-0.2, 0) is 16.5 Å². The van der Waals surface area contributed by atoms with Crippen molar-refractivity contribution in [3.63, 3.8) is 0 Å². The van der Waals surface area contributed by atoms with Gasteiger partial charge in [-0.2, -0.15) is 8.42 Å². The molecule has 2 aromatic carbocycles. The van der Waals surface area contributed by atoms with Crippen LogP contribution in [0.25, 0.3) is 0 Å². The topological polar surface area (TPSA) is 83.8 Å². The first-order valence-corrected chi connectivity index (χ1v) is 13.4. The number of aromatic hydroxyl groups is 1. The Hall–Kier alpha value is -2.05. The number of hydrogen-bond acceptors (Lipinski definition) is 4. The molecule has 0 unspecified atom stereocenters. The molecule has 0 aliphatic rings. The molecule has 0 aromatic heterocycles. The van der Waals surface area contributed by atoms with Gasteiger partial charge in [0.15, 0.2) is 0 Å². The molecular weight excluding hydrogens is 424 g/mol. The van der Waals surface area contributed by atoms with E-state index in [9.17, 15) is 18.1 Å². The van der Waals surface area contributed by atoms with Crippen LogP contribution in [-0.4, -0.2) is 18.1 Å². The van der Waals surface area contributed by atoms with Crippen molar-refractivity contribution in [1.29, 1.82) is 0 Å². The third kappa shape index (κ3) is 10.0. The zero-order chi connectivity index (χ0) is 23.2. The van der Waals surface area contributed by atoms with Gasteiger partial charge in [-0.25, -0.2) is 0 Å². The van der Waals surface area contributed by atoms with Crippen molar-refractivity contribution in [3.05, 3.63) is 48.0 Å². The zero-order valence-corrected chi connectivity index (χ0v) is 20.1. The highest BCUT2D eigenvalue weighted by Gasteiger charge is 2.18. The Morgan fingerprint density at radius 2 is 1.28 bits per heavy atom. The molecule has 0 bridgehead atoms. The smallest absolute Gasteiger partial charge is 0.298 e. The molecule has 0 heterocycles. The molecule has 6 heteroatoms. The third-order valence-corrected chi connectivity index (χ3v) is 6.56. The van der Waals surface area contributed by atoms with Gasteiger partial charge in [-0.15, -0.1) is 0 Å². The molecular formula is C26H38O5S. The van der Waals surface area contributed by atoms with Crippen LogP contribution in [0.5, 0.6) is 17.2 Å². The molecule has 2 N–H and O–H groups in total. The Bertz CT molecular complexity index is 891. The summed E-state index contributed by atoms with van der Waals surface area (Å²) in [4.78, 5) is -0.260. The molecule has 32 heavy (non-hydrogen) atoms. The molecule has 0 spiro atoms. The monoisotopic (exact) mass is 462 g/mol. The fourth-order valence-corrected chi connectivity index (χ4v) is 4.41. The van der Waals surface area contributed by atoms with Gasteiger partial charge in [-0.3, -0.25) is 4.55 Å². The maximum Gasteiger partial charge on any atom is 0.298 e. The number of phenols is 1. The largest absolute Gasteiger partial charge is 0.508 e. The average Bonchev–Trinajstić information content (AvgIpc) is 2.75. The van der Waals surface area contributed by atoms with Gasteiger partial charge in [-0.1, -0.05) is 83.6 Å². The molecule has 5 nitrogen and oxygen atoms in total. The number of ether oxygens (including phenoxy) is 1. The van der Waals surface area contributed by atoms with E-state index in [4.69, 9.17) is 4.74 Å². The Balaban J connectivity index is 1.76. The maximum absolute atomic E-state index is 11.7. The number of hydrogen-bond donors (Lipinski definition) is 2. The van der Waals surface area contributed by atoms with Crippen molar-refractivity contribution in [2.75, 3.05) is 0 Å². The highest BCUT2D eigenvalue weighted by atomic mass is 32.2. The number of unbranched alkanes of at least 4 members (excludes halogenated alkanes) is 11. The quantitative estimate of drug-likeness (QED) is 0.197. The summed E-state index contributed by atoms with van der Waals surface area (Å²) in [7, 11) is -4.40. The summed E-state index contributed by atoms with van der Waals surface area (Å²) in [5, 5.41) is 9.40. The zero-order valence-electron chi connectivity index (χ0n) is 19.3. The third-order valence-electron chi connectivity index (χ3n) is 5.67. The minimum Gasteiger partial charge on any atom is -0.508 e. The summed E-state index contributed by atoms with van der Waals surface area (Å²) in [6, 6.07) is 10.8. The van der Waals surface area contributed by atoms with Crippen molar-refractivity contribution >= 4 is 10.1 Å². The number of phenolic OH excluding ortho intramolecular Hbond substituents is 1. The van der Waals surface area contributed by atoms with Crippen LogP contribution in [0.15, 0.2) is 47.4 Å². The van der Waals surface area contributed by atoms with E-state index in [0.29, 0.717) is 5.75 Å². The second-order valence-corrected chi connectivity index (χ2v) is 9.88. The summed E-state index contributed by atoms with van der Waals surface area (Å²) in [6.45, 7) is 2.25. The molecule has 0 aliphatic carbocycles. The highest BCUT2D eigenvalue weighted by molar-refractivity contribution is 7.86. The molecule has 0 fully saturated rings. The van der Waals surface area contributed by atoms with Crippen molar-refractivity contribution in [2.24, 2.45) is 0 Å². The van der Waals surface area contributed by atoms with Gasteiger partial charge in [0, 0.05) is 0 Å². The Morgan fingerprint density at radius 1 is 0.750 bits per heavy atom. The maximum atomic E-state index is 11.7. The van der Waals surface area contributed by atoms with Gasteiger partial charge in [0.1, 0.15) is 22.1 Å². The van der Waals surface area contributed by atoms with Crippen molar-refractivity contribution in [2.45, 2.75) is 95.3 Å². The normalized spacial score (nSPS) is 11.6. The molecule has 0 radical (unpaired) electrons. The van der Waals surface area contributed by atoms with Crippen LogP contribution < -0.4 is 4.74 Å². The first kappa shape index (κ1) is 26.2. The van der Waals surface area contributed by atoms with Crippen LogP contribution in [0.2, 0.25) is 0 Å². The number of aryl methyl sites for hydroxylation is 1. The minimum absolute atomic E-state index is 0.0908. The number of rotatable bonds is 16. The van der Waals surface area contributed by atoms with Crippen LogP contribution in [0.3, 0.4) is 0 Å². The van der Waals surface area contributed by atoms with E-state index in [1.165, 1.54) is 82.4 Å². The van der Waals surface area contributed by atoms with Crippen LogP contribution in [0.1, 0.15) is 89.5 Å². The van der Waals surface area contributed by atoms with Gasteiger partial charge >= 0.3 is 0 Å². The second kappa shape index (κ2) is 14.2. The SMILES string of the molecule is CCCCCCCCCCCCCCc1ccc(S(=O)(=O)O)c(Oc2ccc(O)cc2)c1. The number of benzene rings is 2. The lowest BCUT2D eigenvalue weighted by molar-refractivity contribution is 0.445. The van der Waals surface area contributed by atoms with Gasteiger partial charge in [-0.05, 0) is 54.8 Å². The van der Waals surface area contributed by atoms with Gasteiger partial charge < -0.3 is 9.84 Å². The lowest BCUT2D eigenvalue weighted by Crippen LogP contribution is -2.02. The van der Waals surface area contributed by atoms with Gasteiger partial charge in [0.25, 0.3) is 10.1 Å². The molecule has 178 valence electrons. The summed E-state index contributed by atoms with van der Waals surface area (Å²) in [6.07, 6.45) is 16.3. The lowest BCUT2D eigenvalue weighted by atomic mass is 10.0. The molecule has 0 saturated heterocycles. The summed E-state index contributed by atoms with van der Waals surface area (Å²) < 4.78 is 38.7. The van der Waals surface area contributed by atoms with Crippen LogP contribution in [0.4, 0.5) is 0 Å². The van der Waals surface area contributed by atoms with E-state index in [2.05, 4.69) is 6.92 Å². The molecule has 2 rings (SSSR count). The molecule has 2 aromatic rings. The van der Waals surface area contributed by atoms with Crippen molar-refractivity contribution in [3.8, 4) is 17.2 Å². The lowest BCUT2D eigenvalue weighted by Gasteiger charge is -2.12. The molecule has 0 saturated carbocycles. The highest BCUT2D eigenvalue weighted by Crippen LogP contribution is 2.31. The summed E-state index contributed by atoms with van der Waals surface area (Å²) in [5.41, 5.74) is 0.971. The van der Waals surface area contributed by atoms with Crippen molar-refractivity contribution in [1.82, 2.24) is 0 Å². The van der Waals surface area contributed by atoms with E-state index in [0.717, 1.165) is 24.8 Å². The molecule has 0 aliphatic heterocycles. The fraction of sp³-hybridized carbons (Fsp3) is 0.538. The fourth-order valence-electron chi connectivity index (χ4n) is 3.81. The van der Waals surface area contributed by atoms with Crippen LogP contribution >= 0.6 is 0 Å². The Labute approximate surface area is 193 Å². The van der Waals surface area contributed by atoms with E-state index >= 15 is 0 Å². The predicted octanol–water partition coefficient (Wildman–Crippen LogP) is 7.67. The van der Waals surface area contributed by atoms with Gasteiger partial charge in [0.2, 0.25) is 0 Å². The van der Waals surface area contributed by atoms with E-state index in [1.807, 2.05) is 0 Å². The van der Waals surface area contributed by atoms with E-state index < -0.39 is 10.1 Å². The standard InChI is InChI=1S/C26H38O5S/c1-2-3-4-5-6-7-8-9-10-11-12-13-14-22-15-20-26(32(28,29)30)25(21-22)31-24-18-16-23(27)17-19-24/h15-21,27H,2-14H2,1H3,(H,28,29,30). The first-order valence-electron chi connectivity index (χ1n) is 12.0.